The highest BCUT2D eigenvalue weighted by atomic mass is 16.3. The average molecular weight is 302 g/mol. The van der Waals surface area contributed by atoms with Crippen LogP contribution in [0.25, 0.3) is 0 Å². The molecule has 1 amide bonds. The molecular formula is C16H22N4O2. The fourth-order valence-electron chi connectivity index (χ4n) is 2.86. The maximum atomic E-state index is 12.2. The zero-order chi connectivity index (χ0) is 15.8. The van der Waals surface area contributed by atoms with Gasteiger partial charge in [0.25, 0.3) is 0 Å². The Hall–Kier alpha value is -1.97. The molecule has 2 rings (SSSR count). The minimum absolute atomic E-state index is 0.0169. The summed E-state index contributed by atoms with van der Waals surface area (Å²) in [5, 5.41) is 21.4. The van der Waals surface area contributed by atoms with E-state index in [0.717, 1.165) is 31.2 Å². The molecule has 6 heteroatoms. The molecule has 1 aliphatic rings. The minimum atomic E-state index is -0.698. The number of nitrogens with zero attached hydrogens (tertiary/aromatic N) is 3. The van der Waals surface area contributed by atoms with Crippen molar-refractivity contribution >= 4 is 5.91 Å². The van der Waals surface area contributed by atoms with E-state index in [1.807, 2.05) is 17.0 Å². The third kappa shape index (κ3) is 4.52. The second-order valence-corrected chi connectivity index (χ2v) is 5.74. The highest BCUT2D eigenvalue weighted by molar-refractivity contribution is 5.79. The summed E-state index contributed by atoms with van der Waals surface area (Å²) in [7, 11) is 0. The second-order valence-electron chi connectivity index (χ2n) is 5.74. The molecule has 0 bridgehead atoms. The smallest absolute Gasteiger partial charge is 0.235 e. The van der Waals surface area contributed by atoms with E-state index in [-0.39, 0.29) is 19.1 Å². The van der Waals surface area contributed by atoms with Gasteiger partial charge in [-0.05, 0) is 37.3 Å². The normalized spacial score (nSPS) is 16.4. The Morgan fingerprint density at radius 1 is 1.50 bits per heavy atom. The molecule has 0 saturated heterocycles. The van der Waals surface area contributed by atoms with Crippen LogP contribution in [0.3, 0.4) is 0 Å². The summed E-state index contributed by atoms with van der Waals surface area (Å²) >= 11 is 0. The molecule has 1 aromatic heterocycles. The fraction of sp³-hybridized carbons (Fsp3) is 0.562. The lowest BCUT2D eigenvalue weighted by Crippen LogP contribution is -2.49. The Balaban J connectivity index is 1.92. The first-order chi connectivity index (χ1) is 10.7. The summed E-state index contributed by atoms with van der Waals surface area (Å²) < 4.78 is 0. The lowest BCUT2D eigenvalue weighted by molar-refractivity contribution is -0.123. The molecule has 6 nitrogen and oxygen atoms in total. The summed E-state index contributed by atoms with van der Waals surface area (Å²) in [6.07, 6.45) is 6.84. The maximum Gasteiger partial charge on any atom is 0.235 e. The van der Waals surface area contributed by atoms with E-state index >= 15 is 0 Å². The minimum Gasteiger partial charge on any atom is -0.395 e. The zero-order valence-corrected chi connectivity index (χ0v) is 12.7. The van der Waals surface area contributed by atoms with Crippen molar-refractivity contribution in [2.75, 3.05) is 19.7 Å². The van der Waals surface area contributed by atoms with Gasteiger partial charge in [-0.1, -0.05) is 6.07 Å². The van der Waals surface area contributed by atoms with E-state index in [2.05, 4.69) is 16.4 Å². The first-order valence-electron chi connectivity index (χ1n) is 7.62. The van der Waals surface area contributed by atoms with Crippen LogP contribution in [0.4, 0.5) is 0 Å². The molecule has 0 atom stereocenters. The Labute approximate surface area is 130 Å². The molecule has 0 aromatic carbocycles. The van der Waals surface area contributed by atoms with Gasteiger partial charge >= 0.3 is 0 Å². The molecule has 0 aliphatic heterocycles. The predicted octanol–water partition coefficient (Wildman–Crippen LogP) is 0.828. The summed E-state index contributed by atoms with van der Waals surface area (Å²) in [5.74, 6) is -0.166. The van der Waals surface area contributed by atoms with Crippen molar-refractivity contribution in [3.63, 3.8) is 0 Å². The number of nitriles is 1. The first kappa shape index (κ1) is 16.4. The predicted molar refractivity (Wildman–Crippen MR) is 81.6 cm³/mol. The van der Waals surface area contributed by atoms with Crippen LogP contribution in [0.1, 0.15) is 31.2 Å². The number of amides is 1. The van der Waals surface area contributed by atoms with Gasteiger partial charge in [0.1, 0.15) is 5.54 Å². The molecule has 22 heavy (non-hydrogen) atoms. The molecule has 1 aliphatic carbocycles. The van der Waals surface area contributed by atoms with E-state index < -0.39 is 5.54 Å². The van der Waals surface area contributed by atoms with E-state index in [1.54, 1.807) is 12.4 Å². The molecule has 0 spiro atoms. The van der Waals surface area contributed by atoms with Gasteiger partial charge in [0.15, 0.2) is 0 Å². The number of hydrogen-bond acceptors (Lipinski definition) is 5. The van der Waals surface area contributed by atoms with E-state index in [0.29, 0.717) is 13.1 Å². The highest BCUT2D eigenvalue weighted by Gasteiger charge is 2.35. The van der Waals surface area contributed by atoms with Crippen LogP contribution in [0.5, 0.6) is 0 Å². The van der Waals surface area contributed by atoms with Gasteiger partial charge in [0, 0.05) is 25.5 Å². The van der Waals surface area contributed by atoms with Gasteiger partial charge in [-0.15, -0.1) is 0 Å². The number of aliphatic hydroxyl groups is 1. The number of rotatable bonds is 7. The van der Waals surface area contributed by atoms with Crippen molar-refractivity contribution < 1.29 is 9.90 Å². The third-order valence-electron chi connectivity index (χ3n) is 3.96. The number of aromatic nitrogens is 1. The van der Waals surface area contributed by atoms with Crippen LogP contribution >= 0.6 is 0 Å². The topological polar surface area (TPSA) is 89.2 Å². The molecule has 1 aromatic rings. The first-order valence-corrected chi connectivity index (χ1v) is 7.62. The Morgan fingerprint density at radius 2 is 2.27 bits per heavy atom. The average Bonchev–Trinajstić information content (AvgIpc) is 2.97. The lowest BCUT2D eigenvalue weighted by Gasteiger charge is -2.25. The Bertz CT molecular complexity index is 521. The number of carbonyl (C=O) groups excluding carboxylic acids is 1. The van der Waals surface area contributed by atoms with Crippen molar-refractivity contribution in [2.24, 2.45) is 0 Å². The van der Waals surface area contributed by atoms with Crippen molar-refractivity contribution in [3.05, 3.63) is 30.1 Å². The largest absolute Gasteiger partial charge is 0.395 e. The SMILES string of the molecule is N#CC1(NC(=O)CN(CCO)Cc2cccnc2)CCCC1. The highest BCUT2D eigenvalue weighted by Crippen LogP contribution is 2.28. The van der Waals surface area contributed by atoms with Crippen molar-refractivity contribution in [1.82, 2.24) is 15.2 Å². The number of pyridine rings is 1. The van der Waals surface area contributed by atoms with Gasteiger partial charge < -0.3 is 10.4 Å². The van der Waals surface area contributed by atoms with E-state index in [1.165, 1.54) is 0 Å². The van der Waals surface area contributed by atoms with Gasteiger partial charge in [0.2, 0.25) is 5.91 Å². The Kier molecular flexibility index (Phi) is 5.87. The quantitative estimate of drug-likeness (QED) is 0.778. The summed E-state index contributed by atoms with van der Waals surface area (Å²) in [5.41, 5.74) is 0.288. The molecule has 118 valence electrons. The van der Waals surface area contributed by atoms with Gasteiger partial charge in [-0.2, -0.15) is 5.26 Å². The van der Waals surface area contributed by atoms with Crippen LogP contribution in [0.15, 0.2) is 24.5 Å². The van der Waals surface area contributed by atoms with E-state index in [9.17, 15) is 10.1 Å². The zero-order valence-electron chi connectivity index (χ0n) is 12.7. The summed E-state index contributed by atoms with van der Waals surface area (Å²) in [4.78, 5) is 18.1. The molecule has 0 radical (unpaired) electrons. The van der Waals surface area contributed by atoms with Gasteiger partial charge in [0.05, 0.1) is 19.2 Å². The van der Waals surface area contributed by atoms with Gasteiger partial charge in [-0.25, -0.2) is 0 Å². The number of nitrogens with one attached hydrogen (secondary N) is 1. The standard InChI is InChI=1S/C16H22N4O2/c17-13-16(5-1-2-6-16)19-15(22)12-20(8-9-21)11-14-4-3-7-18-10-14/h3-4,7,10,21H,1-2,5-6,8-9,11-12H2,(H,19,22). The molecule has 2 N–H and O–H groups in total. The van der Waals surface area contributed by atoms with Crippen LogP contribution in [-0.2, 0) is 11.3 Å². The fourth-order valence-corrected chi connectivity index (χ4v) is 2.86. The molecule has 1 saturated carbocycles. The van der Waals surface area contributed by atoms with Gasteiger partial charge in [-0.3, -0.25) is 14.7 Å². The second kappa shape index (κ2) is 7.87. The number of hydrogen-bond donors (Lipinski definition) is 2. The lowest BCUT2D eigenvalue weighted by atomic mass is 10.00. The van der Waals surface area contributed by atoms with Crippen LogP contribution in [0, 0.1) is 11.3 Å². The van der Waals surface area contributed by atoms with E-state index in [4.69, 9.17) is 5.11 Å². The van der Waals surface area contributed by atoms with Crippen molar-refractivity contribution in [2.45, 2.75) is 37.8 Å². The summed E-state index contributed by atoms with van der Waals surface area (Å²) in [6, 6.07) is 6.03. The van der Waals surface area contributed by atoms with Crippen LogP contribution in [0.2, 0.25) is 0 Å². The number of carbonyl (C=O) groups is 1. The Morgan fingerprint density at radius 3 is 2.86 bits per heavy atom. The summed E-state index contributed by atoms with van der Waals surface area (Å²) in [6.45, 7) is 1.10. The number of aliphatic hydroxyl groups excluding tert-OH is 1. The molecular weight excluding hydrogens is 280 g/mol. The third-order valence-corrected chi connectivity index (χ3v) is 3.96. The molecule has 0 unspecified atom stereocenters. The molecule has 1 fully saturated rings. The van der Waals surface area contributed by atoms with Crippen molar-refractivity contribution in [3.8, 4) is 6.07 Å². The monoisotopic (exact) mass is 302 g/mol. The van der Waals surface area contributed by atoms with Crippen LogP contribution < -0.4 is 5.32 Å². The van der Waals surface area contributed by atoms with Crippen LogP contribution in [-0.4, -0.2) is 46.1 Å². The molecule has 1 heterocycles. The maximum absolute atomic E-state index is 12.2. The van der Waals surface area contributed by atoms with Crippen molar-refractivity contribution in [1.29, 1.82) is 5.26 Å².